The van der Waals surface area contributed by atoms with Crippen molar-refractivity contribution in [1.82, 2.24) is 5.32 Å². The zero-order valence-corrected chi connectivity index (χ0v) is 22.1. The summed E-state index contributed by atoms with van der Waals surface area (Å²) in [7, 11) is -4.74. The molecule has 1 aromatic carbocycles. The number of ether oxygens (including phenoxy) is 1. The summed E-state index contributed by atoms with van der Waals surface area (Å²) in [5.41, 5.74) is -1.96. The van der Waals surface area contributed by atoms with Crippen LogP contribution in [0.4, 0.5) is 8.78 Å². The zero-order chi connectivity index (χ0) is 26.7. The van der Waals surface area contributed by atoms with Gasteiger partial charge >= 0.3 is 13.6 Å². The maximum absolute atomic E-state index is 13.4. The zero-order valence-electron chi connectivity index (χ0n) is 19.6. The SMILES string of the molecule is CC(C)(C)C(=O)OCOP(=O)(O)C(C(=O)N/C=C/c1ccc(F)c(F)c1)C1=CSC2C=CC(Cl)=CC12. The van der Waals surface area contributed by atoms with Gasteiger partial charge in [0.1, 0.15) is 0 Å². The average Bonchev–Trinajstić information content (AvgIpc) is 3.17. The van der Waals surface area contributed by atoms with Crippen molar-refractivity contribution in [3.63, 3.8) is 0 Å². The van der Waals surface area contributed by atoms with Gasteiger partial charge in [-0.25, -0.2) is 8.78 Å². The smallest absolute Gasteiger partial charge is 0.347 e. The fraction of sp³-hybridized carbons (Fsp3) is 0.333. The summed E-state index contributed by atoms with van der Waals surface area (Å²) >= 11 is 7.49. The van der Waals surface area contributed by atoms with Crippen LogP contribution in [0.2, 0.25) is 0 Å². The number of hydrogen-bond donors (Lipinski definition) is 2. The first-order chi connectivity index (χ1) is 16.8. The topological polar surface area (TPSA) is 102 Å². The minimum atomic E-state index is -4.74. The molecule has 0 saturated heterocycles. The van der Waals surface area contributed by atoms with Crippen molar-refractivity contribution < 1.29 is 37.1 Å². The Morgan fingerprint density at radius 3 is 2.69 bits per heavy atom. The monoisotopic (exact) mass is 559 g/mol. The molecule has 0 radical (unpaired) electrons. The summed E-state index contributed by atoms with van der Waals surface area (Å²) in [5.74, 6) is -4.06. The normalized spacial score (nSPS) is 21.9. The molecule has 1 amide bonds. The lowest BCUT2D eigenvalue weighted by atomic mass is 9.90. The van der Waals surface area contributed by atoms with E-state index in [1.807, 2.05) is 6.08 Å². The molecule has 2 N–H and O–H groups in total. The highest BCUT2D eigenvalue weighted by Gasteiger charge is 2.47. The maximum atomic E-state index is 13.4. The molecule has 2 aliphatic rings. The van der Waals surface area contributed by atoms with Gasteiger partial charge in [-0.05, 0) is 61.6 Å². The molecule has 4 unspecified atom stereocenters. The van der Waals surface area contributed by atoms with Gasteiger partial charge in [0.15, 0.2) is 17.3 Å². The first-order valence-corrected chi connectivity index (χ1v) is 13.7. The van der Waals surface area contributed by atoms with Crippen molar-refractivity contribution in [3.05, 3.63) is 75.8 Å². The van der Waals surface area contributed by atoms with Crippen LogP contribution < -0.4 is 5.32 Å². The van der Waals surface area contributed by atoms with Gasteiger partial charge in [-0.3, -0.25) is 18.7 Å². The molecule has 1 heterocycles. The van der Waals surface area contributed by atoms with E-state index in [0.29, 0.717) is 10.6 Å². The summed E-state index contributed by atoms with van der Waals surface area (Å²) in [6, 6.07) is 3.16. The first kappa shape index (κ1) is 28.3. The number of carbonyl (C=O) groups excluding carboxylic acids is 2. The third-order valence-electron chi connectivity index (χ3n) is 5.26. The summed E-state index contributed by atoms with van der Waals surface area (Å²) in [6.07, 6.45) is 7.65. The van der Waals surface area contributed by atoms with Crippen LogP contribution in [0.25, 0.3) is 6.08 Å². The molecule has 0 aromatic heterocycles. The van der Waals surface area contributed by atoms with Gasteiger partial charge in [0.2, 0.25) is 12.7 Å². The van der Waals surface area contributed by atoms with Gasteiger partial charge in [0, 0.05) is 22.4 Å². The van der Waals surface area contributed by atoms with Gasteiger partial charge in [-0.15, -0.1) is 11.8 Å². The molecule has 3 rings (SSSR count). The van der Waals surface area contributed by atoms with E-state index in [1.165, 1.54) is 23.9 Å². The second-order valence-corrected chi connectivity index (χ2v) is 12.5. The van der Waals surface area contributed by atoms with E-state index in [4.69, 9.17) is 20.9 Å². The van der Waals surface area contributed by atoms with E-state index < -0.39 is 54.9 Å². The number of amides is 1. The van der Waals surface area contributed by atoms with Crippen LogP contribution in [0.15, 0.2) is 58.6 Å². The predicted molar refractivity (Wildman–Crippen MR) is 135 cm³/mol. The Hall–Kier alpha value is -2.23. The minimum Gasteiger partial charge on any atom is -0.438 e. The maximum Gasteiger partial charge on any atom is 0.347 e. The highest BCUT2D eigenvalue weighted by molar-refractivity contribution is 8.03. The second-order valence-electron chi connectivity index (χ2n) is 9.07. The van der Waals surface area contributed by atoms with E-state index in [2.05, 4.69) is 5.32 Å². The summed E-state index contributed by atoms with van der Waals surface area (Å²) in [4.78, 5) is 36.0. The second kappa shape index (κ2) is 11.4. The van der Waals surface area contributed by atoms with Crippen molar-refractivity contribution in [1.29, 1.82) is 0 Å². The van der Waals surface area contributed by atoms with Gasteiger partial charge in [-0.1, -0.05) is 29.8 Å². The number of allylic oxidation sites excluding steroid dienone is 3. The largest absolute Gasteiger partial charge is 0.438 e. The quantitative estimate of drug-likeness (QED) is 0.247. The molecule has 0 fully saturated rings. The van der Waals surface area contributed by atoms with Crippen molar-refractivity contribution in [2.75, 3.05) is 6.79 Å². The Bertz CT molecular complexity index is 1210. The standard InChI is InChI=1S/C24H25ClF2NO6PS/c1-24(2,3)23(30)33-13-34-35(31,32)21(17-12-36-20-7-5-15(25)11-16(17)20)22(29)28-9-8-14-4-6-18(26)19(27)10-14/h4-12,16,20-21H,13H2,1-3H3,(H,28,29)(H,31,32)/b9-8+. The number of benzene rings is 1. The lowest BCUT2D eigenvalue weighted by Gasteiger charge is -2.27. The molecule has 1 aromatic rings. The molecule has 0 bridgehead atoms. The third kappa shape index (κ3) is 6.95. The molecule has 1 aliphatic heterocycles. The number of fused-ring (bicyclic) bond motifs is 1. The van der Waals surface area contributed by atoms with Crippen molar-refractivity contribution in [2.24, 2.45) is 11.3 Å². The average molecular weight is 560 g/mol. The predicted octanol–water partition coefficient (Wildman–Crippen LogP) is 5.48. The van der Waals surface area contributed by atoms with Crippen molar-refractivity contribution in [2.45, 2.75) is 31.7 Å². The molecule has 0 saturated carbocycles. The van der Waals surface area contributed by atoms with Crippen molar-refractivity contribution >= 4 is 48.9 Å². The Balaban J connectivity index is 1.81. The van der Waals surface area contributed by atoms with Crippen LogP contribution in [0.5, 0.6) is 0 Å². The van der Waals surface area contributed by atoms with Gasteiger partial charge in [0.25, 0.3) is 0 Å². The minimum absolute atomic E-state index is 0.130. The lowest BCUT2D eigenvalue weighted by Crippen LogP contribution is -2.36. The molecule has 12 heteroatoms. The van der Waals surface area contributed by atoms with Gasteiger partial charge < -0.3 is 14.9 Å². The Labute approximate surface area is 216 Å². The molecule has 1 aliphatic carbocycles. The molecular weight excluding hydrogens is 535 g/mol. The van der Waals surface area contributed by atoms with Crippen LogP contribution in [0, 0.1) is 23.0 Å². The molecule has 0 spiro atoms. The summed E-state index contributed by atoms with van der Waals surface area (Å²) < 4.78 is 49.9. The lowest BCUT2D eigenvalue weighted by molar-refractivity contribution is -0.159. The third-order valence-corrected chi connectivity index (χ3v) is 8.34. The molecule has 36 heavy (non-hydrogen) atoms. The fourth-order valence-electron chi connectivity index (χ4n) is 3.38. The highest BCUT2D eigenvalue weighted by Crippen LogP contribution is 2.56. The van der Waals surface area contributed by atoms with E-state index in [0.717, 1.165) is 18.3 Å². The fourth-order valence-corrected chi connectivity index (χ4v) is 6.21. The first-order valence-electron chi connectivity index (χ1n) is 10.8. The van der Waals surface area contributed by atoms with Crippen LogP contribution in [0.3, 0.4) is 0 Å². The molecule has 7 nitrogen and oxygen atoms in total. The van der Waals surface area contributed by atoms with E-state index in [1.54, 1.807) is 38.3 Å². The number of halogens is 3. The van der Waals surface area contributed by atoms with Crippen molar-refractivity contribution in [3.8, 4) is 0 Å². The number of hydrogen-bond acceptors (Lipinski definition) is 6. The molecule has 194 valence electrons. The van der Waals surface area contributed by atoms with Gasteiger partial charge in [0.05, 0.1) is 5.41 Å². The Morgan fingerprint density at radius 1 is 1.31 bits per heavy atom. The number of esters is 1. The van der Waals surface area contributed by atoms with Crippen LogP contribution in [-0.4, -0.2) is 34.5 Å². The molecular formula is C24H25ClF2NO6PS. The summed E-state index contributed by atoms with van der Waals surface area (Å²) in [5, 5.41) is 4.30. The van der Waals surface area contributed by atoms with Crippen LogP contribution in [0.1, 0.15) is 26.3 Å². The number of rotatable bonds is 8. The Morgan fingerprint density at radius 2 is 2.03 bits per heavy atom. The van der Waals surface area contributed by atoms with E-state index >= 15 is 0 Å². The summed E-state index contributed by atoms with van der Waals surface area (Å²) in [6.45, 7) is 3.99. The van der Waals surface area contributed by atoms with Crippen LogP contribution in [-0.2, 0) is 23.4 Å². The highest BCUT2D eigenvalue weighted by atomic mass is 35.5. The van der Waals surface area contributed by atoms with E-state index in [9.17, 15) is 27.8 Å². The van der Waals surface area contributed by atoms with Gasteiger partial charge in [-0.2, -0.15) is 0 Å². The number of thioether (sulfide) groups is 1. The van der Waals surface area contributed by atoms with E-state index in [-0.39, 0.29) is 10.8 Å². The number of nitrogens with one attached hydrogen (secondary N) is 1. The van der Waals surface area contributed by atoms with Crippen LogP contribution >= 0.6 is 31.0 Å². The number of carbonyl (C=O) groups is 2. The molecule has 4 atom stereocenters. The Kier molecular flexibility index (Phi) is 9.01.